The predicted octanol–water partition coefficient (Wildman–Crippen LogP) is 5.47. The number of halogens is 2. The van der Waals surface area contributed by atoms with Crippen LogP contribution >= 0.6 is 11.6 Å². The highest BCUT2D eigenvalue weighted by atomic mass is 35.5. The molecular formula is C28H24ClFN4O5S. The van der Waals surface area contributed by atoms with Gasteiger partial charge in [0.15, 0.2) is 5.71 Å². The zero-order valence-corrected chi connectivity index (χ0v) is 23.1. The van der Waals surface area contributed by atoms with Gasteiger partial charge in [0.25, 0.3) is 10.1 Å². The second-order valence-electron chi connectivity index (χ2n) is 8.32. The second kappa shape index (κ2) is 13.2. The van der Waals surface area contributed by atoms with Gasteiger partial charge in [0.2, 0.25) is 0 Å². The van der Waals surface area contributed by atoms with Crippen LogP contribution in [-0.2, 0) is 25.7 Å². The Bertz CT molecular complexity index is 1720. The first-order valence-corrected chi connectivity index (χ1v) is 14.1. The minimum atomic E-state index is -3.57. The Morgan fingerprint density at radius 2 is 1.95 bits per heavy atom. The van der Waals surface area contributed by atoms with E-state index in [0.717, 1.165) is 6.26 Å². The first-order valence-electron chi connectivity index (χ1n) is 11.9. The minimum Gasteiger partial charge on any atom is -0.487 e. The van der Waals surface area contributed by atoms with E-state index in [2.05, 4.69) is 36.5 Å². The number of nitrogens with one attached hydrogen (secondary N) is 1. The van der Waals surface area contributed by atoms with Crippen LogP contribution in [-0.4, -0.2) is 43.6 Å². The average molecular weight is 583 g/mol. The molecule has 0 bridgehead atoms. The van der Waals surface area contributed by atoms with Gasteiger partial charge < -0.3 is 14.9 Å². The summed E-state index contributed by atoms with van der Waals surface area (Å²) < 4.78 is 46.0. The molecule has 4 rings (SSSR count). The fraction of sp³-hybridized carbons (Fsp3) is 0.179. The molecule has 12 heteroatoms. The van der Waals surface area contributed by atoms with E-state index in [9.17, 15) is 12.8 Å². The van der Waals surface area contributed by atoms with Crippen LogP contribution < -0.4 is 10.1 Å². The van der Waals surface area contributed by atoms with Gasteiger partial charge in [-0.2, -0.15) is 8.42 Å². The predicted molar refractivity (Wildman–Crippen MR) is 152 cm³/mol. The Kier molecular flexibility index (Phi) is 9.50. The first kappa shape index (κ1) is 28.8. The van der Waals surface area contributed by atoms with Crippen molar-refractivity contribution in [3.8, 4) is 17.6 Å². The summed E-state index contributed by atoms with van der Waals surface area (Å²) in [4.78, 5) is 13.9. The normalized spacial score (nSPS) is 11.6. The van der Waals surface area contributed by atoms with Gasteiger partial charge in [0, 0.05) is 16.6 Å². The third kappa shape index (κ3) is 8.13. The van der Waals surface area contributed by atoms with E-state index < -0.39 is 10.1 Å². The number of anilines is 2. The molecule has 4 aromatic rings. The van der Waals surface area contributed by atoms with Crippen molar-refractivity contribution in [3.63, 3.8) is 0 Å². The number of rotatable bonds is 11. The summed E-state index contributed by atoms with van der Waals surface area (Å²) in [7, 11) is -3.57. The largest absolute Gasteiger partial charge is 0.487 e. The standard InChI is InChI=1S/C28H24ClFN4O5S/c1-3-5-25(34-38-12-13-39-40(2,35)36)20-8-10-26-23(15-20)28(32-18-31-26)33-22-9-11-27(24(29)16-22)37-17-19-6-4-7-21(30)14-19/h4,6-11,14-16,18H,12-13,17H2,1-2H3,(H,31,32,33). The molecule has 0 atom stereocenters. The summed E-state index contributed by atoms with van der Waals surface area (Å²) in [5, 5.41) is 8.35. The van der Waals surface area contributed by atoms with Crippen LogP contribution in [0.2, 0.25) is 5.02 Å². The van der Waals surface area contributed by atoms with Crippen LogP contribution in [0.1, 0.15) is 18.1 Å². The molecule has 0 fully saturated rings. The molecule has 40 heavy (non-hydrogen) atoms. The van der Waals surface area contributed by atoms with E-state index in [4.69, 9.17) is 21.2 Å². The van der Waals surface area contributed by atoms with E-state index in [1.54, 1.807) is 49.4 Å². The highest BCUT2D eigenvalue weighted by molar-refractivity contribution is 7.85. The lowest BCUT2D eigenvalue weighted by Gasteiger charge is -2.12. The van der Waals surface area contributed by atoms with E-state index in [0.29, 0.717) is 50.0 Å². The number of nitrogens with zero attached hydrogens (tertiary/aromatic N) is 3. The van der Waals surface area contributed by atoms with Gasteiger partial charge in [-0.05, 0) is 66.9 Å². The molecule has 0 aliphatic heterocycles. The fourth-order valence-electron chi connectivity index (χ4n) is 3.52. The highest BCUT2D eigenvalue weighted by Crippen LogP contribution is 2.31. The van der Waals surface area contributed by atoms with Crippen LogP contribution in [0.15, 0.2) is 72.1 Å². The maximum Gasteiger partial charge on any atom is 0.264 e. The van der Waals surface area contributed by atoms with Crippen LogP contribution in [0.5, 0.6) is 5.75 Å². The maximum atomic E-state index is 13.4. The SMILES string of the molecule is CC#CC(=NOCCOS(C)(=O)=O)c1ccc2ncnc(Nc3ccc(OCc4cccc(F)c4)c(Cl)c3)c2c1. The highest BCUT2D eigenvalue weighted by Gasteiger charge is 2.11. The zero-order chi connectivity index (χ0) is 28.5. The van der Waals surface area contributed by atoms with Crippen LogP contribution in [0.4, 0.5) is 15.9 Å². The summed E-state index contributed by atoms with van der Waals surface area (Å²) >= 11 is 6.45. The lowest BCUT2D eigenvalue weighted by molar-refractivity contribution is 0.110. The van der Waals surface area contributed by atoms with E-state index in [1.165, 1.54) is 18.5 Å². The fourth-order valence-corrected chi connectivity index (χ4v) is 4.13. The summed E-state index contributed by atoms with van der Waals surface area (Å²) in [5.41, 5.74) is 2.99. The third-order valence-corrected chi connectivity index (χ3v) is 6.15. The van der Waals surface area contributed by atoms with Crippen molar-refractivity contribution in [1.82, 2.24) is 9.97 Å². The molecule has 1 aromatic heterocycles. The Morgan fingerprint density at radius 3 is 2.70 bits per heavy atom. The molecule has 3 aromatic carbocycles. The van der Waals surface area contributed by atoms with Gasteiger partial charge >= 0.3 is 0 Å². The molecule has 0 aliphatic rings. The quantitative estimate of drug-likeness (QED) is 0.0815. The van der Waals surface area contributed by atoms with Crippen LogP contribution in [0.3, 0.4) is 0 Å². The Balaban J connectivity index is 1.52. The number of hydrogen-bond acceptors (Lipinski definition) is 9. The molecular weight excluding hydrogens is 559 g/mol. The van der Waals surface area contributed by atoms with Gasteiger partial charge in [-0.15, -0.1) is 0 Å². The Hall–Kier alpha value is -4.24. The van der Waals surface area contributed by atoms with E-state index >= 15 is 0 Å². The summed E-state index contributed by atoms with van der Waals surface area (Å²) in [6.07, 6.45) is 2.40. The smallest absolute Gasteiger partial charge is 0.264 e. The Labute approximate surface area is 236 Å². The molecule has 0 amide bonds. The minimum absolute atomic E-state index is 0.0752. The number of aromatic nitrogens is 2. The molecule has 0 radical (unpaired) electrons. The molecule has 1 heterocycles. The van der Waals surface area contributed by atoms with Crippen molar-refractivity contribution in [1.29, 1.82) is 0 Å². The van der Waals surface area contributed by atoms with Crippen LogP contribution in [0, 0.1) is 17.7 Å². The van der Waals surface area contributed by atoms with Gasteiger partial charge in [-0.1, -0.05) is 34.8 Å². The lowest BCUT2D eigenvalue weighted by atomic mass is 10.1. The monoisotopic (exact) mass is 582 g/mol. The van der Waals surface area contributed by atoms with Crippen molar-refractivity contribution in [2.45, 2.75) is 13.5 Å². The van der Waals surface area contributed by atoms with Gasteiger partial charge in [-0.25, -0.2) is 14.4 Å². The first-order chi connectivity index (χ1) is 19.2. The van der Waals surface area contributed by atoms with Crippen molar-refractivity contribution in [2.24, 2.45) is 5.16 Å². The molecule has 9 nitrogen and oxygen atoms in total. The van der Waals surface area contributed by atoms with Crippen molar-refractivity contribution < 1.29 is 26.6 Å². The van der Waals surface area contributed by atoms with Crippen LogP contribution in [0.25, 0.3) is 10.9 Å². The average Bonchev–Trinajstić information content (AvgIpc) is 2.91. The van der Waals surface area contributed by atoms with Crippen molar-refractivity contribution in [2.75, 3.05) is 24.8 Å². The number of hydrogen-bond donors (Lipinski definition) is 1. The number of ether oxygens (including phenoxy) is 1. The van der Waals surface area contributed by atoms with Crippen molar-refractivity contribution >= 4 is 49.8 Å². The third-order valence-electron chi connectivity index (χ3n) is 5.26. The lowest BCUT2D eigenvalue weighted by Crippen LogP contribution is -2.09. The molecule has 0 saturated heterocycles. The molecule has 1 N–H and O–H groups in total. The molecule has 206 valence electrons. The number of benzene rings is 3. The number of fused-ring (bicyclic) bond motifs is 1. The van der Waals surface area contributed by atoms with Gasteiger partial charge in [0.1, 0.15) is 43.5 Å². The topological polar surface area (TPSA) is 112 Å². The summed E-state index contributed by atoms with van der Waals surface area (Å²) in [6, 6.07) is 16.8. The molecule has 0 spiro atoms. The van der Waals surface area contributed by atoms with E-state index in [-0.39, 0.29) is 25.6 Å². The zero-order valence-electron chi connectivity index (χ0n) is 21.5. The molecule has 0 aliphatic carbocycles. The van der Waals surface area contributed by atoms with Gasteiger partial charge in [0.05, 0.1) is 16.8 Å². The summed E-state index contributed by atoms with van der Waals surface area (Å²) in [5.74, 6) is 6.31. The van der Waals surface area contributed by atoms with Gasteiger partial charge in [-0.3, -0.25) is 4.18 Å². The molecule has 0 unspecified atom stereocenters. The summed E-state index contributed by atoms with van der Waals surface area (Å²) in [6.45, 7) is 1.58. The second-order valence-corrected chi connectivity index (χ2v) is 10.4. The van der Waals surface area contributed by atoms with Crippen molar-refractivity contribution in [3.05, 3.63) is 89.0 Å². The Morgan fingerprint density at radius 1 is 1.10 bits per heavy atom. The maximum absolute atomic E-state index is 13.4. The van der Waals surface area contributed by atoms with E-state index in [1.807, 2.05) is 6.07 Å². The number of oxime groups is 1. The molecule has 0 saturated carbocycles.